The quantitative estimate of drug-likeness (QED) is 0.243. The number of anilines is 1. The number of amides is 1. The monoisotopic (exact) mass is 546 g/mol. The number of nitro benzene ring substituents is 1. The van der Waals surface area contributed by atoms with E-state index in [-0.39, 0.29) is 28.9 Å². The van der Waals surface area contributed by atoms with E-state index in [4.69, 9.17) is 4.42 Å². The highest BCUT2D eigenvalue weighted by atomic mass is 79.9. The van der Waals surface area contributed by atoms with Crippen molar-refractivity contribution >= 4 is 33.2 Å². The SMILES string of the molecule is O=C(Nc1cc([N+](=O)[O-])ccc1Br)c1ccc(-n2nc(C(F)(F)F)c3c2-c2ccoc2CC3)cc1. The molecule has 4 aromatic rings. The van der Waals surface area contributed by atoms with Crippen LogP contribution in [-0.2, 0) is 19.0 Å². The van der Waals surface area contributed by atoms with E-state index in [9.17, 15) is 28.1 Å². The van der Waals surface area contributed by atoms with Crippen LogP contribution in [0.3, 0.4) is 0 Å². The van der Waals surface area contributed by atoms with Crippen LogP contribution in [0.25, 0.3) is 16.9 Å². The molecular weight excluding hydrogens is 533 g/mol. The number of fused-ring (bicyclic) bond motifs is 3. The van der Waals surface area contributed by atoms with Crippen LogP contribution in [0.2, 0.25) is 0 Å². The van der Waals surface area contributed by atoms with Gasteiger partial charge in [-0.05, 0) is 58.7 Å². The lowest BCUT2D eigenvalue weighted by Gasteiger charge is -2.15. The standard InChI is InChI=1S/C23H14BrF3N4O4/c24-17-7-5-14(31(33)34)11-18(17)28-22(32)12-1-3-13(4-2-12)30-20-15-9-10-35-19(15)8-6-16(20)21(29-30)23(25,26)27/h1-5,7,9-11H,6,8H2,(H,28,32). The number of nitrogens with one attached hydrogen (secondary N) is 1. The van der Waals surface area contributed by atoms with E-state index < -0.39 is 22.7 Å². The molecular formula is C23H14BrF3N4O4. The third-order valence-corrected chi connectivity index (χ3v) is 6.33. The lowest BCUT2D eigenvalue weighted by Crippen LogP contribution is -2.13. The molecule has 0 saturated heterocycles. The second-order valence-electron chi connectivity index (χ2n) is 7.77. The highest BCUT2D eigenvalue weighted by Crippen LogP contribution is 2.42. The fraction of sp³-hybridized carbons (Fsp3) is 0.130. The Morgan fingerprint density at radius 3 is 2.57 bits per heavy atom. The van der Waals surface area contributed by atoms with Gasteiger partial charge in [-0.2, -0.15) is 18.3 Å². The Balaban J connectivity index is 1.48. The minimum Gasteiger partial charge on any atom is -0.469 e. The first kappa shape index (κ1) is 22.8. The highest BCUT2D eigenvalue weighted by Gasteiger charge is 2.41. The van der Waals surface area contributed by atoms with Gasteiger partial charge >= 0.3 is 6.18 Å². The van der Waals surface area contributed by atoms with E-state index in [0.717, 1.165) is 0 Å². The van der Waals surface area contributed by atoms with Gasteiger partial charge in [-0.15, -0.1) is 0 Å². The number of furan rings is 1. The lowest BCUT2D eigenvalue weighted by molar-refractivity contribution is -0.384. The van der Waals surface area contributed by atoms with Gasteiger partial charge in [-0.1, -0.05) is 0 Å². The number of non-ortho nitro benzene ring substituents is 1. The van der Waals surface area contributed by atoms with Crippen molar-refractivity contribution in [1.82, 2.24) is 9.78 Å². The largest absolute Gasteiger partial charge is 0.469 e. The molecule has 0 aliphatic heterocycles. The topological polar surface area (TPSA) is 103 Å². The van der Waals surface area contributed by atoms with E-state index in [1.165, 1.54) is 53.4 Å². The second kappa shape index (κ2) is 8.38. The zero-order chi connectivity index (χ0) is 24.9. The number of hydrogen-bond acceptors (Lipinski definition) is 5. The van der Waals surface area contributed by atoms with Crippen LogP contribution in [0.1, 0.15) is 27.4 Å². The summed E-state index contributed by atoms with van der Waals surface area (Å²) >= 11 is 3.24. The molecule has 1 amide bonds. The van der Waals surface area contributed by atoms with Crippen molar-refractivity contribution in [3.05, 3.63) is 92.0 Å². The first-order chi connectivity index (χ1) is 16.6. The Morgan fingerprint density at radius 1 is 1.14 bits per heavy atom. The summed E-state index contributed by atoms with van der Waals surface area (Å²) < 4.78 is 48.2. The van der Waals surface area contributed by atoms with Crippen LogP contribution < -0.4 is 5.32 Å². The molecule has 0 saturated carbocycles. The fourth-order valence-corrected chi connectivity index (χ4v) is 4.38. The summed E-state index contributed by atoms with van der Waals surface area (Å²) in [5, 5.41) is 17.5. The number of nitro groups is 1. The molecule has 0 unspecified atom stereocenters. The average molecular weight is 547 g/mol. The lowest BCUT2D eigenvalue weighted by atomic mass is 9.94. The summed E-state index contributed by atoms with van der Waals surface area (Å²) in [6.45, 7) is 0. The fourth-order valence-electron chi connectivity index (χ4n) is 4.03. The van der Waals surface area contributed by atoms with Gasteiger partial charge in [0.15, 0.2) is 5.69 Å². The van der Waals surface area contributed by atoms with E-state index in [2.05, 4.69) is 26.3 Å². The molecule has 5 rings (SSSR count). The van der Waals surface area contributed by atoms with Crippen LogP contribution >= 0.6 is 15.9 Å². The van der Waals surface area contributed by atoms with Gasteiger partial charge in [0.25, 0.3) is 11.6 Å². The van der Waals surface area contributed by atoms with Gasteiger partial charge in [-0.3, -0.25) is 14.9 Å². The summed E-state index contributed by atoms with van der Waals surface area (Å²) in [5.74, 6) is 0.0410. The summed E-state index contributed by atoms with van der Waals surface area (Å²) in [6.07, 6.45) is -2.70. The third-order valence-electron chi connectivity index (χ3n) is 5.64. The van der Waals surface area contributed by atoms with Gasteiger partial charge in [0.2, 0.25) is 0 Å². The van der Waals surface area contributed by atoms with Crippen LogP contribution in [0.5, 0.6) is 0 Å². The minimum absolute atomic E-state index is 0.101. The van der Waals surface area contributed by atoms with Gasteiger partial charge in [0.1, 0.15) is 5.76 Å². The summed E-state index contributed by atoms with van der Waals surface area (Å²) in [4.78, 5) is 23.1. The van der Waals surface area contributed by atoms with Crippen molar-refractivity contribution in [2.45, 2.75) is 19.0 Å². The number of hydrogen-bond donors (Lipinski definition) is 1. The predicted molar refractivity (Wildman–Crippen MR) is 122 cm³/mol. The van der Waals surface area contributed by atoms with Crippen molar-refractivity contribution in [2.75, 3.05) is 5.32 Å². The Kier molecular flexibility index (Phi) is 5.47. The molecule has 2 aromatic heterocycles. The number of alkyl halides is 3. The van der Waals surface area contributed by atoms with Crippen molar-refractivity contribution in [1.29, 1.82) is 0 Å². The molecule has 1 aliphatic carbocycles. The number of carbonyl (C=O) groups excluding carboxylic acids is 1. The number of halogens is 4. The first-order valence-corrected chi connectivity index (χ1v) is 11.0. The van der Waals surface area contributed by atoms with Crippen LogP contribution in [0.4, 0.5) is 24.5 Å². The smallest absolute Gasteiger partial charge is 0.435 e. The Morgan fingerprint density at radius 2 is 1.89 bits per heavy atom. The molecule has 0 bridgehead atoms. The van der Waals surface area contributed by atoms with Gasteiger partial charge < -0.3 is 9.73 Å². The zero-order valence-electron chi connectivity index (χ0n) is 17.6. The van der Waals surface area contributed by atoms with E-state index in [1.54, 1.807) is 6.07 Å². The molecule has 0 fully saturated rings. The summed E-state index contributed by atoms with van der Waals surface area (Å²) in [7, 11) is 0. The maximum atomic E-state index is 13.7. The van der Waals surface area contributed by atoms with Gasteiger partial charge in [0, 0.05) is 39.7 Å². The van der Waals surface area contributed by atoms with Crippen molar-refractivity contribution in [3.8, 4) is 16.9 Å². The average Bonchev–Trinajstić information content (AvgIpc) is 3.44. The van der Waals surface area contributed by atoms with Gasteiger partial charge in [-0.25, -0.2) is 4.68 Å². The number of nitrogens with zero attached hydrogens (tertiary/aromatic N) is 3. The Hall–Kier alpha value is -3.93. The second-order valence-corrected chi connectivity index (χ2v) is 8.62. The van der Waals surface area contributed by atoms with E-state index in [0.29, 0.717) is 33.6 Å². The number of benzene rings is 2. The van der Waals surface area contributed by atoms with E-state index in [1.807, 2.05) is 0 Å². The molecule has 2 heterocycles. The van der Waals surface area contributed by atoms with E-state index >= 15 is 0 Å². The van der Waals surface area contributed by atoms with Crippen LogP contribution in [0, 0.1) is 10.1 Å². The van der Waals surface area contributed by atoms with Crippen molar-refractivity contribution in [2.24, 2.45) is 0 Å². The number of rotatable bonds is 4. The molecule has 2 aromatic carbocycles. The zero-order valence-corrected chi connectivity index (χ0v) is 19.2. The normalized spacial score (nSPS) is 12.7. The van der Waals surface area contributed by atoms with Crippen LogP contribution in [0.15, 0.2) is 63.7 Å². The molecule has 12 heteroatoms. The molecule has 1 N–H and O–H groups in total. The maximum Gasteiger partial charge on any atom is 0.435 e. The molecule has 0 atom stereocenters. The highest BCUT2D eigenvalue weighted by molar-refractivity contribution is 9.10. The maximum absolute atomic E-state index is 13.7. The first-order valence-electron chi connectivity index (χ1n) is 10.2. The molecule has 0 radical (unpaired) electrons. The molecule has 1 aliphatic rings. The Labute approximate surface area is 203 Å². The number of carbonyl (C=O) groups is 1. The van der Waals surface area contributed by atoms with Crippen LogP contribution in [-0.4, -0.2) is 20.6 Å². The Bertz CT molecular complexity index is 1480. The van der Waals surface area contributed by atoms with Gasteiger partial charge in [0.05, 0.1) is 28.3 Å². The third kappa shape index (κ3) is 4.09. The molecule has 35 heavy (non-hydrogen) atoms. The van der Waals surface area contributed by atoms with Crippen molar-refractivity contribution in [3.63, 3.8) is 0 Å². The molecule has 8 nitrogen and oxygen atoms in total. The number of aromatic nitrogens is 2. The van der Waals surface area contributed by atoms with Crippen molar-refractivity contribution < 1.29 is 27.3 Å². The minimum atomic E-state index is -4.62. The summed E-state index contributed by atoms with van der Waals surface area (Å²) in [5.41, 5.74) is 0.558. The number of aryl methyl sites for hydroxylation is 1. The summed E-state index contributed by atoms with van der Waals surface area (Å²) in [6, 6.07) is 11.4. The molecule has 0 spiro atoms. The predicted octanol–water partition coefficient (Wildman–Crippen LogP) is 6.17. The molecule has 178 valence electrons.